The van der Waals surface area contributed by atoms with E-state index in [9.17, 15) is 13.2 Å². The number of fused-ring (bicyclic) bond motifs is 1. The Bertz CT molecular complexity index is 923. The van der Waals surface area contributed by atoms with E-state index in [1.165, 1.54) is 4.31 Å². The maximum atomic E-state index is 12.9. The lowest BCUT2D eigenvalue weighted by molar-refractivity contribution is 0.0698. The van der Waals surface area contributed by atoms with Crippen molar-refractivity contribution in [3.05, 3.63) is 53.9 Å². The number of rotatable bonds is 3. The first-order valence-electron chi connectivity index (χ1n) is 8.51. The second-order valence-corrected chi connectivity index (χ2v) is 8.24. The van der Waals surface area contributed by atoms with Crippen LogP contribution in [-0.2, 0) is 16.4 Å². The molecule has 1 aromatic carbocycles. The van der Waals surface area contributed by atoms with Gasteiger partial charge in [-0.15, -0.1) is 0 Å². The fourth-order valence-corrected chi connectivity index (χ4v) is 4.75. The van der Waals surface area contributed by atoms with Crippen LogP contribution in [0, 0.1) is 0 Å². The van der Waals surface area contributed by atoms with Crippen molar-refractivity contribution in [1.29, 1.82) is 0 Å². The maximum Gasteiger partial charge on any atom is 0.254 e. The van der Waals surface area contributed by atoms with Crippen molar-refractivity contribution >= 4 is 15.9 Å². The summed E-state index contributed by atoms with van der Waals surface area (Å²) >= 11 is 0. The lowest BCUT2D eigenvalue weighted by atomic mass is 10.2. The second kappa shape index (κ2) is 6.69. The lowest BCUT2D eigenvalue weighted by Crippen LogP contribution is -2.50. The number of amides is 1. The summed E-state index contributed by atoms with van der Waals surface area (Å²) in [5, 5.41) is 0. The zero-order valence-electron chi connectivity index (χ0n) is 14.2. The Morgan fingerprint density at radius 1 is 1.04 bits per heavy atom. The minimum atomic E-state index is -3.57. The van der Waals surface area contributed by atoms with Crippen LogP contribution in [0.1, 0.15) is 15.9 Å². The molecule has 8 heteroatoms. The number of carbonyl (C=O) groups is 1. The Labute approximate surface area is 152 Å². The van der Waals surface area contributed by atoms with Crippen LogP contribution in [0.25, 0.3) is 0 Å². The van der Waals surface area contributed by atoms with Crippen LogP contribution < -0.4 is 4.74 Å². The molecule has 2 aliphatic rings. The van der Waals surface area contributed by atoms with E-state index in [0.29, 0.717) is 25.3 Å². The van der Waals surface area contributed by atoms with E-state index in [-0.39, 0.29) is 23.9 Å². The van der Waals surface area contributed by atoms with Gasteiger partial charge in [0.15, 0.2) is 0 Å². The third kappa shape index (κ3) is 3.06. The van der Waals surface area contributed by atoms with Gasteiger partial charge in [-0.1, -0.05) is 0 Å². The highest BCUT2D eigenvalue weighted by Gasteiger charge is 2.31. The lowest BCUT2D eigenvalue weighted by Gasteiger charge is -2.34. The van der Waals surface area contributed by atoms with Gasteiger partial charge in [0.2, 0.25) is 10.0 Å². The normalized spacial score (nSPS) is 17.6. The molecular formula is C18H19N3O4S. The van der Waals surface area contributed by atoms with Crippen molar-refractivity contribution in [2.24, 2.45) is 0 Å². The van der Waals surface area contributed by atoms with Gasteiger partial charge in [0, 0.05) is 50.6 Å². The van der Waals surface area contributed by atoms with Gasteiger partial charge in [-0.2, -0.15) is 4.31 Å². The van der Waals surface area contributed by atoms with Crippen molar-refractivity contribution in [2.45, 2.75) is 11.3 Å². The Balaban J connectivity index is 1.46. The van der Waals surface area contributed by atoms with E-state index in [1.54, 1.807) is 47.6 Å². The number of carbonyl (C=O) groups excluding carboxylic acids is 1. The predicted octanol–water partition coefficient (Wildman–Crippen LogP) is 1.16. The molecule has 2 aliphatic heterocycles. The number of sulfonamides is 1. The molecule has 0 unspecified atom stereocenters. The molecule has 0 spiro atoms. The molecule has 3 heterocycles. The summed E-state index contributed by atoms with van der Waals surface area (Å²) in [6.07, 6.45) is 3.88. The topological polar surface area (TPSA) is 79.8 Å². The molecule has 0 bridgehead atoms. The average Bonchev–Trinajstić information content (AvgIpc) is 3.16. The SMILES string of the molecule is O=C(c1ccncc1)N1CCN(S(=O)(=O)c2ccc3c(c2)CCO3)CC1. The summed E-state index contributed by atoms with van der Waals surface area (Å²) in [5.41, 5.74) is 1.49. The van der Waals surface area contributed by atoms with Crippen LogP contribution in [0.3, 0.4) is 0 Å². The van der Waals surface area contributed by atoms with Gasteiger partial charge in [0.05, 0.1) is 11.5 Å². The van der Waals surface area contributed by atoms with Gasteiger partial charge >= 0.3 is 0 Å². The Kier molecular flexibility index (Phi) is 4.37. The van der Waals surface area contributed by atoms with Crippen molar-refractivity contribution in [2.75, 3.05) is 32.8 Å². The summed E-state index contributed by atoms with van der Waals surface area (Å²) in [6.45, 7) is 1.90. The minimum Gasteiger partial charge on any atom is -0.493 e. The molecule has 136 valence electrons. The first-order valence-corrected chi connectivity index (χ1v) is 9.95. The summed E-state index contributed by atoms with van der Waals surface area (Å²) < 4.78 is 32.7. The van der Waals surface area contributed by atoms with Gasteiger partial charge in [-0.25, -0.2) is 8.42 Å². The number of pyridine rings is 1. The molecule has 0 saturated carbocycles. The van der Waals surface area contributed by atoms with E-state index in [2.05, 4.69) is 4.98 Å². The van der Waals surface area contributed by atoms with Gasteiger partial charge in [-0.05, 0) is 35.9 Å². The zero-order valence-corrected chi connectivity index (χ0v) is 15.0. The highest BCUT2D eigenvalue weighted by atomic mass is 32.2. The minimum absolute atomic E-state index is 0.0980. The molecule has 2 aromatic rings. The molecule has 0 radical (unpaired) electrons. The van der Waals surface area contributed by atoms with Crippen LogP contribution in [-0.4, -0.2) is 61.3 Å². The smallest absolute Gasteiger partial charge is 0.254 e. The second-order valence-electron chi connectivity index (χ2n) is 6.30. The first-order chi connectivity index (χ1) is 12.6. The molecule has 0 aliphatic carbocycles. The Morgan fingerprint density at radius 2 is 1.77 bits per heavy atom. The molecular weight excluding hydrogens is 354 g/mol. The molecule has 1 saturated heterocycles. The molecule has 1 amide bonds. The van der Waals surface area contributed by atoms with Crippen molar-refractivity contribution in [1.82, 2.24) is 14.2 Å². The first kappa shape index (κ1) is 17.0. The number of benzene rings is 1. The summed E-state index contributed by atoms with van der Waals surface area (Å²) in [5.74, 6) is 0.663. The number of piperazine rings is 1. The van der Waals surface area contributed by atoms with Gasteiger partial charge in [0.1, 0.15) is 5.75 Å². The molecule has 7 nitrogen and oxygen atoms in total. The van der Waals surface area contributed by atoms with Gasteiger partial charge < -0.3 is 9.64 Å². The van der Waals surface area contributed by atoms with E-state index >= 15 is 0 Å². The van der Waals surface area contributed by atoms with Crippen LogP contribution in [0.15, 0.2) is 47.6 Å². The average molecular weight is 373 g/mol. The predicted molar refractivity (Wildman–Crippen MR) is 94.5 cm³/mol. The fraction of sp³-hybridized carbons (Fsp3) is 0.333. The Hall–Kier alpha value is -2.45. The van der Waals surface area contributed by atoms with Crippen molar-refractivity contribution in [3.63, 3.8) is 0 Å². The molecule has 26 heavy (non-hydrogen) atoms. The van der Waals surface area contributed by atoms with E-state index < -0.39 is 10.0 Å². The standard InChI is InChI=1S/C18H19N3O4S/c22-18(14-3-6-19-7-4-14)20-8-10-21(11-9-20)26(23,24)16-1-2-17-15(13-16)5-12-25-17/h1-4,6-7,13H,5,8-12H2. The van der Waals surface area contributed by atoms with E-state index in [1.807, 2.05) is 0 Å². The highest BCUT2D eigenvalue weighted by molar-refractivity contribution is 7.89. The molecule has 1 aromatic heterocycles. The maximum absolute atomic E-state index is 12.9. The van der Waals surface area contributed by atoms with Crippen molar-refractivity contribution in [3.8, 4) is 5.75 Å². The third-order valence-electron chi connectivity index (χ3n) is 4.75. The van der Waals surface area contributed by atoms with E-state index in [4.69, 9.17) is 4.74 Å². The molecule has 1 fully saturated rings. The number of hydrogen-bond acceptors (Lipinski definition) is 5. The quantitative estimate of drug-likeness (QED) is 0.807. The van der Waals surface area contributed by atoms with Crippen LogP contribution in [0.2, 0.25) is 0 Å². The number of ether oxygens (including phenoxy) is 1. The van der Waals surface area contributed by atoms with Gasteiger partial charge in [-0.3, -0.25) is 9.78 Å². The Morgan fingerprint density at radius 3 is 2.50 bits per heavy atom. The summed E-state index contributed by atoms with van der Waals surface area (Å²) in [7, 11) is -3.57. The molecule has 0 N–H and O–H groups in total. The van der Waals surface area contributed by atoms with E-state index in [0.717, 1.165) is 17.7 Å². The third-order valence-corrected chi connectivity index (χ3v) is 6.65. The fourth-order valence-electron chi connectivity index (χ4n) is 3.28. The summed E-state index contributed by atoms with van der Waals surface area (Å²) in [4.78, 5) is 18.3. The number of hydrogen-bond donors (Lipinski definition) is 0. The molecule has 4 rings (SSSR count). The van der Waals surface area contributed by atoms with Gasteiger partial charge in [0.25, 0.3) is 5.91 Å². The number of nitrogens with zero attached hydrogens (tertiary/aromatic N) is 3. The highest BCUT2D eigenvalue weighted by Crippen LogP contribution is 2.29. The van der Waals surface area contributed by atoms with Crippen LogP contribution in [0.5, 0.6) is 5.75 Å². The zero-order chi connectivity index (χ0) is 18.1. The largest absolute Gasteiger partial charge is 0.493 e. The number of aromatic nitrogens is 1. The van der Waals surface area contributed by atoms with Crippen LogP contribution >= 0.6 is 0 Å². The molecule has 0 atom stereocenters. The van der Waals surface area contributed by atoms with Crippen LogP contribution in [0.4, 0.5) is 0 Å². The monoisotopic (exact) mass is 373 g/mol. The van der Waals surface area contributed by atoms with Crippen molar-refractivity contribution < 1.29 is 17.9 Å². The summed E-state index contributed by atoms with van der Waals surface area (Å²) in [6, 6.07) is 8.34.